The summed E-state index contributed by atoms with van der Waals surface area (Å²) in [5, 5.41) is 0. The van der Waals surface area contributed by atoms with Crippen molar-refractivity contribution < 1.29 is 48.5 Å². The van der Waals surface area contributed by atoms with Gasteiger partial charge in [0.2, 0.25) is 0 Å². The molecule has 0 radical (unpaired) electrons. The summed E-state index contributed by atoms with van der Waals surface area (Å²) in [6.45, 7) is 5.38. The van der Waals surface area contributed by atoms with Crippen LogP contribution >= 0.6 is 15.4 Å². The van der Waals surface area contributed by atoms with Gasteiger partial charge in [0.15, 0.2) is 8.03 Å². The van der Waals surface area contributed by atoms with Crippen molar-refractivity contribution in [2.45, 2.75) is 33.6 Å². The van der Waals surface area contributed by atoms with Gasteiger partial charge in [0.05, 0.1) is 0 Å². The van der Waals surface area contributed by atoms with Crippen molar-refractivity contribution in [1.82, 2.24) is 0 Å². The molecular formula is C8H21NaO4P2. The Morgan fingerprint density at radius 2 is 1.73 bits per heavy atom. The largest absolute Gasteiger partial charge is 1.00 e. The molecule has 0 aromatic heterocycles. The zero-order chi connectivity index (χ0) is 11.6. The first-order chi connectivity index (χ1) is 6.39. The number of unbranched alkanes of at least 4 members (excludes halogenated alkanes) is 1. The maximum Gasteiger partial charge on any atom is 1.00 e. The van der Waals surface area contributed by atoms with E-state index >= 15 is 0 Å². The summed E-state index contributed by atoms with van der Waals surface area (Å²) in [6, 6.07) is 0. The Kier molecular flexibility index (Phi) is 19.4. The van der Waals surface area contributed by atoms with E-state index < -0.39 is 15.4 Å². The van der Waals surface area contributed by atoms with Crippen molar-refractivity contribution in [2.75, 3.05) is 18.5 Å². The smallest absolute Gasteiger partial charge is 0.799 e. The number of rotatable bonds is 5. The molecule has 0 aromatic rings. The molecule has 0 amide bonds. The van der Waals surface area contributed by atoms with E-state index in [-0.39, 0.29) is 29.6 Å². The Hall–Kier alpha value is 1.38. The average molecular weight is 266 g/mol. The van der Waals surface area contributed by atoms with Gasteiger partial charge in [-0.3, -0.25) is 4.57 Å². The molecule has 0 saturated carbocycles. The molecule has 7 heteroatoms. The van der Waals surface area contributed by atoms with E-state index in [4.69, 9.17) is 4.89 Å². The van der Waals surface area contributed by atoms with Crippen LogP contribution < -0.4 is 34.5 Å². The molecular weight excluding hydrogens is 245 g/mol. The molecule has 0 bridgehead atoms. The van der Waals surface area contributed by atoms with Crippen molar-refractivity contribution in [1.29, 1.82) is 0 Å². The monoisotopic (exact) mass is 266 g/mol. The first-order valence-electron chi connectivity index (χ1n) is 4.90. The Balaban J connectivity index is -0.000000208. The van der Waals surface area contributed by atoms with Crippen LogP contribution in [0.3, 0.4) is 0 Å². The summed E-state index contributed by atoms with van der Waals surface area (Å²) in [7, 11) is -5.06. The van der Waals surface area contributed by atoms with Gasteiger partial charge in [0.25, 0.3) is 0 Å². The zero-order valence-electron chi connectivity index (χ0n) is 10.2. The van der Waals surface area contributed by atoms with Crippen LogP contribution in [0.25, 0.3) is 0 Å². The first kappa shape index (κ1) is 21.6. The third kappa shape index (κ3) is 21.3. The summed E-state index contributed by atoms with van der Waals surface area (Å²) in [4.78, 5) is 18.7. The van der Waals surface area contributed by atoms with Crippen molar-refractivity contribution in [2.24, 2.45) is 0 Å². The second kappa shape index (κ2) is 13.4. The zero-order valence-corrected chi connectivity index (χ0v) is 14.0. The van der Waals surface area contributed by atoms with Gasteiger partial charge in [-0.05, 0) is 18.7 Å². The van der Waals surface area contributed by atoms with Gasteiger partial charge in [-0.2, -0.15) is 0 Å². The van der Waals surface area contributed by atoms with Gasteiger partial charge in [-0.15, -0.1) is 0 Å². The van der Waals surface area contributed by atoms with Gasteiger partial charge in [-0.1, -0.05) is 27.2 Å². The molecule has 2 atom stereocenters. The molecule has 0 spiro atoms. The Bertz CT molecular complexity index is 199. The molecule has 0 aliphatic rings. The number of hydrogen-bond donors (Lipinski definition) is 1. The maximum atomic E-state index is 10.8. The van der Waals surface area contributed by atoms with Gasteiger partial charge < -0.3 is 14.4 Å². The fraction of sp³-hybridized carbons (Fsp3) is 1.00. The van der Waals surface area contributed by atoms with Crippen molar-refractivity contribution in [3.05, 3.63) is 0 Å². The van der Waals surface area contributed by atoms with Gasteiger partial charge in [-0.25, -0.2) is 0 Å². The van der Waals surface area contributed by atoms with E-state index in [2.05, 4.69) is 0 Å². The van der Waals surface area contributed by atoms with Crippen molar-refractivity contribution in [3.8, 4) is 0 Å². The van der Waals surface area contributed by atoms with Crippen LogP contribution in [0.4, 0.5) is 0 Å². The predicted molar refractivity (Wildman–Crippen MR) is 59.7 cm³/mol. The molecule has 0 saturated heterocycles. The van der Waals surface area contributed by atoms with Gasteiger partial charge in [0.1, 0.15) is 0 Å². The first-order valence-corrected chi connectivity index (χ1v) is 8.46. The van der Waals surface area contributed by atoms with E-state index in [0.717, 1.165) is 12.8 Å². The SMILES string of the molecule is CCCCP(=O)([O-])CC.CC[PH](=O)O.[Na+]. The molecule has 88 valence electrons. The minimum absolute atomic E-state index is 0. The molecule has 1 N–H and O–H groups in total. The van der Waals surface area contributed by atoms with E-state index in [1.807, 2.05) is 6.92 Å². The predicted octanol–water partition coefficient (Wildman–Crippen LogP) is -1.08. The Morgan fingerprint density at radius 1 is 1.33 bits per heavy atom. The maximum absolute atomic E-state index is 10.8. The summed E-state index contributed by atoms with van der Waals surface area (Å²) in [5.74, 6) is 0. The molecule has 2 unspecified atom stereocenters. The van der Waals surface area contributed by atoms with Gasteiger partial charge >= 0.3 is 29.6 Å². The van der Waals surface area contributed by atoms with Crippen molar-refractivity contribution >= 4 is 15.4 Å². The van der Waals surface area contributed by atoms with Crippen molar-refractivity contribution in [3.63, 3.8) is 0 Å². The van der Waals surface area contributed by atoms with Crippen LogP contribution in [0.1, 0.15) is 33.6 Å². The van der Waals surface area contributed by atoms with Crippen LogP contribution in [-0.2, 0) is 9.13 Å². The van der Waals surface area contributed by atoms with Crippen LogP contribution in [0.5, 0.6) is 0 Å². The second-order valence-electron chi connectivity index (χ2n) is 2.96. The van der Waals surface area contributed by atoms with E-state index in [0.29, 0.717) is 18.5 Å². The molecule has 0 aliphatic carbocycles. The van der Waals surface area contributed by atoms with Gasteiger partial charge in [0, 0.05) is 13.5 Å². The molecule has 0 aromatic carbocycles. The molecule has 0 rings (SSSR count). The summed E-state index contributed by atoms with van der Waals surface area (Å²) < 4.78 is 20.3. The van der Waals surface area contributed by atoms with Crippen LogP contribution in [0, 0.1) is 0 Å². The summed E-state index contributed by atoms with van der Waals surface area (Å²) in [5.41, 5.74) is 0. The van der Waals surface area contributed by atoms with E-state index in [9.17, 15) is 14.0 Å². The molecule has 0 aliphatic heterocycles. The third-order valence-corrected chi connectivity index (χ3v) is 4.20. The normalized spacial score (nSPS) is 15.3. The summed E-state index contributed by atoms with van der Waals surface area (Å²) in [6.07, 6.45) is 2.89. The molecule has 4 nitrogen and oxygen atoms in total. The van der Waals surface area contributed by atoms with E-state index in [1.165, 1.54) is 0 Å². The van der Waals surface area contributed by atoms with E-state index in [1.54, 1.807) is 13.8 Å². The van der Waals surface area contributed by atoms with Crippen LogP contribution in [0.2, 0.25) is 0 Å². The third-order valence-electron chi connectivity index (χ3n) is 1.64. The minimum Gasteiger partial charge on any atom is -0.799 e. The minimum atomic E-state index is -2.94. The number of hydrogen-bond acceptors (Lipinski definition) is 3. The van der Waals surface area contributed by atoms with Crippen LogP contribution in [-0.4, -0.2) is 23.4 Å². The second-order valence-corrected chi connectivity index (χ2v) is 7.16. The summed E-state index contributed by atoms with van der Waals surface area (Å²) >= 11 is 0. The molecule has 0 heterocycles. The molecule has 0 fully saturated rings. The standard InChI is InChI=1S/C6H15O2P.C2H7O2P.Na/c1-3-5-6-9(7,8)4-2;1-2-5(3)4;/h3-6H2,1-2H3,(H,7,8);5H,2H2,1H3,(H,3,4);/q;;+1/p-1. The quantitative estimate of drug-likeness (QED) is 0.507. The fourth-order valence-corrected chi connectivity index (χ4v) is 1.67. The average Bonchev–Trinajstić information content (AvgIpc) is 2.16. The Morgan fingerprint density at radius 3 is 1.93 bits per heavy atom. The van der Waals surface area contributed by atoms with Crippen LogP contribution in [0.15, 0.2) is 0 Å². The topological polar surface area (TPSA) is 77.4 Å². The fourth-order valence-electron chi connectivity index (χ4n) is 0.557. The molecule has 15 heavy (non-hydrogen) atoms. The Labute approximate surface area is 115 Å².